The molecule has 0 radical (unpaired) electrons. The van der Waals surface area contributed by atoms with E-state index < -0.39 is 0 Å². The lowest BCUT2D eigenvalue weighted by Gasteiger charge is -2.27. The lowest BCUT2D eigenvalue weighted by atomic mass is 10.1. The van der Waals surface area contributed by atoms with Crippen LogP contribution in [0.15, 0.2) is 48.5 Å². The van der Waals surface area contributed by atoms with E-state index >= 15 is 0 Å². The van der Waals surface area contributed by atoms with Crippen molar-refractivity contribution < 1.29 is 9.59 Å². The Morgan fingerprint density at radius 3 is 2.32 bits per heavy atom. The first kappa shape index (κ1) is 21.5. The fourth-order valence-electron chi connectivity index (χ4n) is 2.73. The van der Waals surface area contributed by atoms with Crippen LogP contribution in [-0.2, 0) is 11.3 Å². The van der Waals surface area contributed by atoms with Crippen LogP contribution in [0.25, 0.3) is 0 Å². The molecule has 6 heteroatoms. The Morgan fingerprint density at radius 2 is 1.75 bits per heavy atom. The molecule has 146 valence electrons. The summed E-state index contributed by atoms with van der Waals surface area (Å²) in [5.74, 6) is -0.137. The summed E-state index contributed by atoms with van der Waals surface area (Å²) >= 11 is 5.82. The van der Waals surface area contributed by atoms with Gasteiger partial charge in [-0.3, -0.25) is 9.59 Å². The molecule has 2 aromatic rings. The van der Waals surface area contributed by atoms with Crippen LogP contribution in [-0.4, -0.2) is 29.3 Å². The predicted molar refractivity (Wildman–Crippen MR) is 110 cm³/mol. The van der Waals surface area contributed by atoms with Gasteiger partial charge in [-0.2, -0.15) is 5.26 Å². The molecule has 0 aromatic heterocycles. The van der Waals surface area contributed by atoms with Gasteiger partial charge >= 0.3 is 0 Å². The molecule has 0 fully saturated rings. The van der Waals surface area contributed by atoms with Crippen molar-refractivity contribution in [3.05, 3.63) is 70.2 Å². The minimum absolute atomic E-state index is 0.0418. The van der Waals surface area contributed by atoms with Gasteiger partial charge in [-0.1, -0.05) is 23.7 Å². The summed E-state index contributed by atoms with van der Waals surface area (Å²) in [6, 6.07) is 16.1. The molecule has 0 heterocycles. The van der Waals surface area contributed by atoms with E-state index in [9.17, 15) is 9.59 Å². The largest absolute Gasteiger partial charge is 0.352 e. The normalized spacial score (nSPS) is 10.4. The number of hydrogen-bond acceptors (Lipinski definition) is 3. The smallest absolute Gasteiger partial charge is 0.251 e. The van der Waals surface area contributed by atoms with E-state index in [-0.39, 0.29) is 17.9 Å². The number of hydrogen-bond donors (Lipinski definition) is 1. The summed E-state index contributed by atoms with van der Waals surface area (Å²) in [6.07, 6.45) is 0.921. The molecular formula is C22H24ClN3O2. The molecule has 0 saturated heterocycles. The summed E-state index contributed by atoms with van der Waals surface area (Å²) in [6.45, 7) is 4.88. The van der Waals surface area contributed by atoms with Crippen LogP contribution in [0.3, 0.4) is 0 Å². The molecule has 1 N–H and O–H groups in total. The van der Waals surface area contributed by atoms with E-state index in [1.807, 2.05) is 30.9 Å². The van der Waals surface area contributed by atoms with Crippen LogP contribution in [0.4, 0.5) is 0 Å². The topological polar surface area (TPSA) is 73.2 Å². The zero-order chi connectivity index (χ0) is 20.5. The Morgan fingerprint density at radius 1 is 1.11 bits per heavy atom. The summed E-state index contributed by atoms with van der Waals surface area (Å²) in [5, 5.41) is 12.3. The first-order valence-electron chi connectivity index (χ1n) is 9.23. The molecule has 0 atom stereocenters. The molecule has 0 spiro atoms. The number of carbonyl (C=O) groups is 2. The van der Waals surface area contributed by atoms with Gasteiger partial charge in [0, 0.05) is 36.1 Å². The van der Waals surface area contributed by atoms with Crippen molar-refractivity contribution in [3.8, 4) is 6.07 Å². The molecule has 0 bridgehead atoms. The average Bonchev–Trinajstić information content (AvgIpc) is 2.69. The van der Waals surface area contributed by atoms with Gasteiger partial charge in [-0.25, -0.2) is 0 Å². The highest BCUT2D eigenvalue weighted by molar-refractivity contribution is 6.30. The van der Waals surface area contributed by atoms with E-state index in [2.05, 4.69) is 11.4 Å². The Balaban J connectivity index is 1.82. The van der Waals surface area contributed by atoms with E-state index in [4.69, 9.17) is 16.9 Å². The van der Waals surface area contributed by atoms with Crippen molar-refractivity contribution in [2.45, 2.75) is 39.3 Å². The van der Waals surface area contributed by atoms with Crippen molar-refractivity contribution >= 4 is 23.4 Å². The maximum atomic E-state index is 12.6. The van der Waals surface area contributed by atoms with Gasteiger partial charge in [0.25, 0.3) is 5.91 Å². The predicted octanol–water partition coefficient (Wildman–Crippen LogP) is 4.16. The maximum absolute atomic E-state index is 12.6. The summed E-state index contributed by atoms with van der Waals surface area (Å²) < 4.78 is 0. The minimum Gasteiger partial charge on any atom is -0.352 e. The lowest BCUT2D eigenvalue weighted by molar-refractivity contribution is -0.133. The number of halogens is 1. The van der Waals surface area contributed by atoms with Crippen molar-refractivity contribution in [1.29, 1.82) is 5.26 Å². The highest BCUT2D eigenvalue weighted by atomic mass is 35.5. The van der Waals surface area contributed by atoms with E-state index in [1.165, 1.54) is 0 Å². The molecule has 28 heavy (non-hydrogen) atoms. The first-order valence-corrected chi connectivity index (χ1v) is 9.60. The highest BCUT2D eigenvalue weighted by Crippen LogP contribution is 2.12. The second-order valence-electron chi connectivity index (χ2n) is 6.79. The second-order valence-corrected chi connectivity index (χ2v) is 7.23. The van der Waals surface area contributed by atoms with Crippen LogP contribution in [0.2, 0.25) is 5.02 Å². The zero-order valence-corrected chi connectivity index (χ0v) is 16.9. The van der Waals surface area contributed by atoms with Gasteiger partial charge in [0.15, 0.2) is 0 Å². The van der Waals surface area contributed by atoms with Gasteiger partial charge in [0.2, 0.25) is 5.91 Å². The minimum atomic E-state index is -0.178. The average molecular weight is 398 g/mol. The van der Waals surface area contributed by atoms with Crippen LogP contribution in [0.1, 0.15) is 48.2 Å². The molecule has 2 rings (SSSR count). The highest BCUT2D eigenvalue weighted by Gasteiger charge is 2.17. The van der Waals surface area contributed by atoms with Crippen molar-refractivity contribution in [3.63, 3.8) is 0 Å². The fraction of sp³-hybridized carbons (Fsp3) is 0.318. The second kappa shape index (κ2) is 10.5. The van der Waals surface area contributed by atoms with Gasteiger partial charge in [-0.15, -0.1) is 0 Å². The molecule has 2 amide bonds. The van der Waals surface area contributed by atoms with E-state index in [0.29, 0.717) is 42.1 Å². The lowest BCUT2D eigenvalue weighted by Crippen LogP contribution is -2.36. The monoisotopic (exact) mass is 397 g/mol. The Labute approximate surface area is 170 Å². The van der Waals surface area contributed by atoms with Crippen molar-refractivity contribution in [2.75, 3.05) is 6.54 Å². The van der Waals surface area contributed by atoms with Gasteiger partial charge in [0.1, 0.15) is 0 Å². The third-order valence-corrected chi connectivity index (χ3v) is 4.59. The number of amides is 2. The van der Waals surface area contributed by atoms with Gasteiger partial charge in [-0.05, 0) is 62.2 Å². The van der Waals surface area contributed by atoms with Crippen LogP contribution in [0.5, 0.6) is 0 Å². The van der Waals surface area contributed by atoms with Crippen LogP contribution in [0, 0.1) is 11.3 Å². The molecule has 0 unspecified atom stereocenters. The molecule has 0 aliphatic carbocycles. The number of benzene rings is 2. The summed E-state index contributed by atoms with van der Waals surface area (Å²) in [5.41, 5.74) is 2.13. The fourth-order valence-corrected chi connectivity index (χ4v) is 2.85. The molecular weight excluding hydrogens is 374 g/mol. The number of rotatable bonds is 8. The van der Waals surface area contributed by atoms with Crippen molar-refractivity contribution in [2.24, 2.45) is 0 Å². The summed E-state index contributed by atoms with van der Waals surface area (Å²) in [4.78, 5) is 26.5. The van der Waals surface area contributed by atoms with Gasteiger partial charge in [0.05, 0.1) is 11.6 Å². The quantitative estimate of drug-likeness (QED) is 0.679. The SMILES string of the molecule is CC(C)N(Cc1ccc(C#N)cc1)C(=O)CCCNC(=O)c1ccc(Cl)cc1. The third kappa shape index (κ3) is 6.40. The molecule has 0 aliphatic rings. The molecule has 0 saturated carbocycles. The molecule has 2 aromatic carbocycles. The molecule has 5 nitrogen and oxygen atoms in total. The van der Waals surface area contributed by atoms with Crippen molar-refractivity contribution in [1.82, 2.24) is 10.2 Å². The maximum Gasteiger partial charge on any atom is 0.251 e. The Kier molecular flexibility index (Phi) is 8.03. The number of nitrogens with zero attached hydrogens (tertiary/aromatic N) is 2. The standard InChI is InChI=1S/C22H24ClN3O2/c1-16(2)26(15-18-7-5-17(14-24)6-8-18)21(27)4-3-13-25-22(28)19-9-11-20(23)12-10-19/h5-12,16H,3-4,13,15H2,1-2H3,(H,25,28). The van der Waals surface area contributed by atoms with E-state index in [0.717, 1.165) is 5.56 Å². The zero-order valence-electron chi connectivity index (χ0n) is 16.1. The number of carbonyl (C=O) groups excluding carboxylic acids is 2. The molecule has 0 aliphatic heterocycles. The Bertz CT molecular complexity index is 840. The first-order chi connectivity index (χ1) is 13.4. The third-order valence-electron chi connectivity index (χ3n) is 4.34. The summed E-state index contributed by atoms with van der Waals surface area (Å²) in [7, 11) is 0. The van der Waals surface area contributed by atoms with Crippen LogP contribution >= 0.6 is 11.6 Å². The van der Waals surface area contributed by atoms with Crippen LogP contribution < -0.4 is 5.32 Å². The Hall–Kier alpha value is -2.84. The number of nitriles is 1. The van der Waals surface area contributed by atoms with Gasteiger partial charge < -0.3 is 10.2 Å². The number of nitrogens with one attached hydrogen (secondary N) is 1. The van der Waals surface area contributed by atoms with E-state index in [1.54, 1.807) is 36.4 Å².